The SMILES string of the molecule is COc1cc(OC)c(OC)cc1/C=C1/Oc2c(ccc3c2[C@H](c2ccc(OC)c(OC)c2)CC(=O)O3)C1=O. The van der Waals surface area contributed by atoms with E-state index < -0.39 is 5.92 Å². The van der Waals surface area contributed by atoms with Crippen LogP contribution in [0.5, 0.6) is 40.2 Å². The third-order valence-corrected chi connectivity index (χ3v) is 6.61. The van der Waals surface area contributed by atoms with Crippen molar-refractivity contribution in [2.75, 3.05) is 35.5 Å². The van der Waals surface area contributed by atoms with Gasteiger partial charge in [-0.25, -0.2) is 0 Å². The number of hydrogen-bond donors (Lipinski definition) is 0. The lowest BCUT2D eigenvalue weighted by Crippen LogP contribution is -2.21. The molecule has 1 atom stereocenters. The second-order valence-electron chi connectivity index (χ2n) is 8.59. The number of Topliss-reactive ketones (excluding diaryl/α,β-unsaturated/α-hetero) is 1. The Kier molecular flexibility index (Phi) is 6.59. The third kappa shape index (κ3) is 4.15. The molecule has 9 nitrogen and oxygen atoms in total. The fraction of sp³-hybridized carbons (Fsp3) is 0.241. The summed E-state index contributed by atoms with van der Waals surface area (Å²) in [6.45, 7) is 0. The molecule has 2 heterocycles. The summed E-state index contributed by atoms with van der Waals surface area (Å²) in [5, 5.41) is 0. The van der Waals surface area contributed by atoms with E-state index in [1.54, 1.807) is 50.6 Å². The van der Waals surface area contributed by atoms with Gasteiger partial charge < -0.3 is 33.2 Å². The largest absolute Gasteiger partial charge is 0.496 e. The molecular weight excluding hydrogens is 492 g/mol. The highest BCUT2D eigenvalue weighted by molar-refractivity contribution is 6.15. The van der Waals surface area contributed by atoms with Crippen LogP contribution in [0.15, 0.2) is 48.2 Å². The van der Waals surface area contributed by atoms with Gasteiger partial charge in [0, 0.05) is 23.1 Å². The van der Waals surface area contributed by atoms with E-state index in [9.17, 15) is 9.59 Å². The number of ketones is 1. The number of carbonyl (C=O) groups excluding carboxylic acids is 2. The number of rotatable bonds is 7. The normalized spacial score (nSPS) is 16.8. The van der Waals surface area contributed by atoms with Crippen LogP contribution in [0.4, 0.5) is 0 Å². The molecule has 3 aromatic rings. The van der Waals surface area contributed by atoms with Gasteiger partial charge in [-0.05, 0) is 42.0 Å². The average molecular weight is 519 g/mol. The molecule has 0 spiro atoms. The summed E-state index contributed by atoms with van der Waals surface area (Å²) in [6, 6.07) is 12.1. The van der Waals surface area contributed by atoms with E-state index in [0.717, 1.165) is 5.56 Å². The number of methoxy groups -OCH3 is 5. The number of carbonyl (C=O) groups is 2. The van der Waals surface area contributed by atoms with Gasteiger partial charge in [-0.15, -0.1) is 0 Å². The molecule has 0 bridgehead atoms. The number of ether oxygens (including phenoxy) is 7. The van der Waals surface area contributed by atoms with Crippen LogP contribution in [0.1, 0.15) is 39.4 Å². The van der Waals surface area contributed by atoms with E-state index in [1.807, 2.05) is 12.1 Å². The molecule has 3 aromatic carbocycles. The second-order valence-corrected chi connectivity index (χ2v) is 8.59. The van der Waals surface area contributed by atoms with Crippen LogP contribution in [0.3, 0.4) is 0 Å². The highest BCUT2D eigenvalue weighted by atomic mass is 16.5. The predicted molar refractivity (Wildman–Crippen MR) is 137 cm³/mol. The summed E-state index contributed by atoms with van der Waals surface area (Å²) in [4.78, 5) is 25.9. The van der Waals surface area contributed by atoms with Gasteiger partial charge >= 0.3 is 5.97 Å². The van der Waals surface area contributed by atoms with Gasteiger partial charge in [-0.1, -0.05) is 6.07 Å². The van der Waals surface area contributed by atoms with Gasteiger partial charge in [0.25, 0.3) is 0 Å². The second kappa shape index (κ2) is 10.0. The minimum absolute atomic E-state index is 0.0685. The number of hydrogen-bond acceptors (Lipinski definition) is 9. The molecule has 0 unspecified atom stereocenters. The molecule has 9 heteroatoms. The Morgan fingerprint density at radius 2 is 1.39 bits per heavy atom. The Morgan fingerprint density at radius 1 is 0.737 bits per heavy atom. The van der Waals surface area contributed by atoms with E-state index >= 15 is 0 Å². The van der Waals surface area contributed by atoms with Crippen LogP contribution in [0, 0.1) is 0 Å². The Bertz CT molecular complexity index is 1470. The number of esters is 1. The highest BCUT2D eigenvalue weighted by Crippen LogP contribution is 2.50. The molecule has 5 rings (SSSR count). The lowest BCUT2D eigenvalue weighted by Gasteiger charge is -2.26. The molecule has 0 saturated carbocycles. The Hall–Kier alpha value is -4.66. The maximum absolute atomic E-state index is 13.4. The molecule has 2 aliphatic rings. The molecular formula is C29H26O9. The number of benzene rings is 3. The van der Waals surface area contributed by atoms with Crippen molar-refractivity contribution in [2.24, 2.45) is 0 Å². The maximum atomic E-state index is 13.4. The van der Waals surface area contributed by atoms with Crippen molar-refractivity contribution in [1.29, 1.82) is 0 Å². The maximum Gasteiger partial charge on any atom is 0.312 e. The Balaban J connectivity index is 1.60. The van der Waals surface area contributed by atoms with Crippen LogP contribution in [0.2, 0.25) is 0 Å². The van der Waals surface area contributed by atoms with Crippen LogP contribution in [-0.4, -0.2) is 47.3 Å². The number of fused-ring (bicyclic) bond motifs is 3. The summed E-state index contributed by atoms with van der Waals surface area (Å²) >= 11 is 0. The van der Waals surface area contributed by atoms with Gasteiger partial charge in [0.1, 0.15) is 17.2 Å². The minimum atomic E-state index is -0.427. The van der Waals surface area contributed by atoms with Gasteiger partial charge in [-0.3, -0.25) is 9.59 Å². The van der Waals surface area contributed by atoms with Crippen LogP contribution >= 0.6 is 0 Å². The van der Waals surface area contributed by atoms with Crippen molar-refractivity contribution in [2.45, 2.75) is 12.3 Å². The van der Waals surface area contributed by atoms with Crippen molar-refractivity contribution >= 4 is 17.8 Å². The first-order valence-electron chi connectivity index (χ1n) is 11.8. The minimum Gasteiger partial charge on any atom is -0.496 e. The fourth-order valence-corrected chi connectivity index (χ4v) is 4.77. The first-order valence-corrected chi connectivity index (χ1v) is 11.8. The van der Waals surface area contributed by atoms with E-state index in [0.29, 0.717) is 56.9 Å². The zero-order valence-corrected chi connectivity index (χ0v) is 21.6. The molecule has 38 heavy (non-hydrogen) atoms. The molecule has 0 amide bonds. The highest BCUT2D eigenvalue weighted by Gasteiger charge is 2.39. The van der Waals surface area contributed by atoms with Crippen LogP contribution in [-0.2, 0) is 4.79 Å². The third-order valence-electron chi connectivity index (χ3n) is 6.61. The molecule has 0 aliphatic carbocycles. The summed E-state index contributed by atoms with van der Waals surface area (Å²) in [7, 11) is 7.67. The van der Waals surface area contributed by atoms with Gasteiger partial charge in [0.05, 0.1) is 47.5 Å². The van der Waals surface area contributed by atoms with Crippen molar-refractivity contribution in [3.05, 3.63) is 70.5 Å². The molecule has 0 radical (unpaired) electrons. The van der Waals surface area contributed by atoms with E-state index in [-0.39, 0.29) is 23.9 Å². The topological polar surface area (TPSA) is 98.8 Å². The Morgan fingerprint density at radius 3 is 2.08 bits per heavy atom. The van der Waals surface area contributed by atoms with Crippen molar-refractivity contribution in [1.82, 2.24) is 0 Å². The first-order chi connectivity index (χ1) is 18.4. The van der Waals surface area contributed by atoms with E-state index in [4.69, 9.17) is 33.2 Å². The average Bonchev–Trinajstić information content (AvgIpc) is 3.26. The van der Waals surface area contributed by atoms with Crippen molar-refractivity contribution < 1.29 is 42.7 Å². The zero-order valence-electron chi connectivity index (χ0n) is 21.6. The summed E-state index contributed by atoms with van der Waals surface area (Å²) in [5.41, 5.74) is 2.35. The molecule has 0 saturated heterocycles. The van der Waals surface area contributed by atoms with E-state index in [2.05, 4.69) is 0 Å². The molecule has 0 N–H and O–H groups in total. The van der Waals surface area contributed by atoms with Gasteiger partial charge in [-0.2, -0.15) is 0 Å². The van der Waals surface area contributed by atoms with Gasteiger partial charge in [0.2, 0.25) is 5.78 Å². The summed E-state index contributed by atoms with van der Waals surface area (Å²) < 4.78 is 38.8. The van der Waals surface area contributed by atoms with Crippen LogP contribution < -0.4 is 33.2 Å². The monoisotopic (exact) mass is 518 g/mol. The standard InChI is InChI=1S/C29H26O9/c1-32-19-8-6-15(10-22(19)34-3)18-13-26(30)37-20-9-7-17-28(31)25(38-29(17)27(18)20)12-16-11-23(35-4)24(36-5)14-21(16)33-2/h6-12,14,18H,13H2,1-5H3/b25-12+/t18-/m0/s1. The predicted octanol–water partition coefficient (Wildman–Crippen LogP) is 4.79. The molecule has 196 valence electrons. The lowest BCUT2D eigenvalue weighted by atomic mass is 9.84. The lowest BCUT2D eigenvalue weighted by molar-refractivity contribution is -0.135. The quantitative estimate of drug-likeness (QED) is 0.248. The number of allylic oxidation sites excluding steroid dienone is 1. The molecule has 2 aliphatic heterocycles. The summed E-state index contributed by atoms with van der Waals surface area (Å²) in [6.07, 6.45) is 1.66. The Labute approximate surface area is 219 Å². The smallest absolute Gasteiger partial charge is 0.312 e. The van der Waals surface area contributed by atoms with Crippen molar-refractivity contribution in [3.63, 3.8) is 0 Å². The fourth-order valence-electron chi connectivity index (χ4n) is 4.77. The molecule has 0 aromatic heterocycles. The molecule has 0 fully saturated rings. The van der Waals surface area contributed by atoms with Crippen LogP contribution in [0.25, 0.3) is 6.08 Å². The first kappa shape index (κ1) is 25.0. The summed E-state index contributed by atoms with van der Waals surface area (Å²) in [5.74, 6) is 2.21. The van der Waals surface area contributed by atoms with E-state index in [1.165, 1.54) is 21.3 Å². The van der Waals surface area contributed by atoms with Crippen molar-refractivity contribution in [3.8, 4) is 40.2 Å². The zero-order chi connectivity index (χ0) is 27.0. The van der Waals surface area contributed by atoms with Gasteiger partial charge in [0.15, 0.2) is 28.8 Å².